The largest absolute Gasteiger partial charge is 0.507 e. The molecular weight excluding hydrogens is 490 g/mol. The second-order valence-corrected chi connectivity index (χ2v) is 11.9. The Morgan fingerprint density at radius 3 is 2.03 bits per heavy atom. The minimum absolute atomic E-state index is 0.0238. The van der Waals surface area contributed by atoms with Crippen molar-refractivity contribution in [2.75, 3.05) is 0 Å². The first-order chi connectivity index (χ1) is 17.2. The van der Waals surface area contributed by atoms with Crippen LogP contribution in [0.3, 0.4) is 0 Å². The van der Waals surface area contributed by atoms with Crippen molar-refractivity contribution in [3.63, 3.8) is 0 Å². The minimum Gasteiger partial charge on any atom is -0.507 e. The summed E-state index contributed by atoms with van der Waals surface area (Å²) < 4.78 is 5.49. The summed E-state index contributed by atoms with van der Waals surface area (Å²) in [6.45, 7) is 12.0. The fourth-order valence-electron chi connectivity index (χ4n) is 4.68. The van der Waals surface area contributed by atoms with Gasteiger partial charge in [-0.15, -0.1) is 0 Å². The molecule has 194 valence electrons. The fourth-order valence-corrected chi connectivity index (χ4v) is 4.81. The number of aliphatic hydroxyl groups is 1. The summed E-state index contributed by atoms with van der Waals surface area (Å²) in [5.74, 6) is -1.12. The van der Waals surface area contributed by atoms with Crippen LogP contribution >= 0.6 is 11.6 Å². The highest BCUT2D eigenvalue weighted by atomic mass is 35.5. The van der Waals surface area contributed by atoms with Gasteiger partial charge in [-0.2, -0.15) is 0 Å². The molecule has 1 aromatic heterocycles. The molecule has 2 heterocycles. The molecule has 3 aromatic rings. The third-order valence-electron chi connectivity index (χ3n) is 6.63. The van der Waals surface area contributed by atoms with Crippen molar-refractivity contribution in [2.45, 2.75) is 65.0 Å². The number of carbonyl (C=O) groups excluding carboxylic acids is 2. The number of carbonyl (C=O) groups is 2. The molecule has 1 amide bonds. The van der Waals surface area contributed by atoms with Crippen molar-refractivity contribution in [3.05, 3.63) is 93.4 Å². The summed E-state index contributed by atoms with van der Waals surface area (Å²) in [5.41, 5.74) is 1.48. The second kappa shape index (κ2) is 9.42. The van der Waals surface area contributed by atoms with E-state index in [1.807, 2.05) is 53.7 Å². The van der Waals surface area contributed by atoms with Gasteiger partial charge in [-0.1, -0.05) is 53.1 Å². The van der Waals surface area contributed by atoms with E-state index >= 15 is 0 Å². The van der Waals surface area contributed by atoms with E-state index in [2.05, 4.69) is 0 Å². The molecular formula is C30H32ClNO5. The number of furan rings is 1. The van der Waals surface area contributed by atoms with Gasteiger partial charge in [0.05, 0.1) is 24.4 Å². The standard InChI is InChI=1S/C30H32ClNO5/c1-29(2,3)21-14-18(15-22(26(21)34)30(4,5)6)24-23(25(33)17-9-11-19(31)12-10-17)27(35)28(36)32(24)16-20-8-7-13-37-20/h7-15,24,33-34H,16H2,1-6H3/b25-23+. The number of Topliss-reactive ketones (excluding diaryl/α,β-unsaturated/α-hetero) is 1. The monoisotopic (exact) mass is 521 g/mol. The Kier molecular flexibility index (Phi) is 6.76. The first kappa shape index (κ1) is 26.6. The van der Waals surface area contributed by atoms with E-state index in [9.17, 15) is 19.8 Å². The maximum absolute atomic E-state index is 13.4. The summed E-state index contributed by atoms with van der Waals surface area (Å²) in [7, 11) is 0. The number of ketones is 1. The number of benzene rings is 2. The van der Waals surface area contributed by atoms with E-state index in [4.69, 9.17) is 16.0 Å². The lowest BCUT2D eigenvalue weighted by Gasteiger charge is -2.31. The molecule has 0 spiro atoms. The second-order valence-electron chi connectivity index (χ2n) is 11.5. The van der Waals surface area contributed by atoms with Gasteiger partial charge in [0.25, 0.3) is 11.7 Å². The van der Waals surface area contributed by atoms with Gasteiger partial charge in [0.2, 0.25) is 0 Å². The van der Waals surface area contributed by atoms with Crippen LogP contribution in [-0.2, 0) is 27.0 Å². The number of hydrogen-bond acceptors (Lipinski definition) is 5. The molecule has 4 rings (SSSR count). The Labute approximate surface area is 222 Å². The lowest BCUT2D eigenvalue weighted by atomic mass is 9.77. The highest BCUT2D eigenvalue weighted by Gasteiger charge is 2.47. The van der Waals surface area contributed by atoms with Crippen LogP contribution in [0.5, 0.6) is 5.75 Å². The van der Waals surface area contributed by atoms with Gasteiger partial charge in [-0.25, -0.2) is 0 Å². The lowest BCUT2D eigenvalue weighted by Crippen LogP contribution is -2.29. The Morgan fingerprint density at radius 1 is 0.973 bits per heavy atom. The Morgan fingerprint density at radius 2 is 1.54 bits per heavy atom. The number of phenols is 1. The van der Waals surface area contributed by atoms with Crippen molar-refractivity contribution in [1.82, 2.24) is 4.90 Å². The lowest BCUT2D eigenvalue weighted by molar-refractivity contribution is -0.140. The molecule has 37 heavy (non-hydrogen) atoms. The zero-order chi connectivity index (χ0) is 27.3. The zero-order valence-corrected chi connectivity index (χ0v) is 22.7. The van der Waals surface area contributed by atoms with Crippen molar-refractivity contribution in [1.29, 1.82) is 0 Å². The highest BCUT2D eigenvalue weighted by molar-refractivity contribution is 6.46. The highest BCUT2D eigenvalue weighted by Crippen LogP contribution is 2.46. The number of halogens is 1. The Hall–Kier alpha value is -3.51. The third kappa shape index (κ3) is 5.03. The molecule has 2 N–H and O–H groups in total. The molecule has 0 radical (unpaired) electrons. The minimum atomic E-state index is -0.899. The number of nitrogens with zero attached hydrogens (tertiary/aromatic N) is 1. The summed E-state index contributed by atoms with van der Waals surface area (Å²) in [6, 6.07) is 12.6. The smallest absolute Gasteiger partial charge is 0.296 e. The van der Waals surface area contributed by atoms with E-state index in [0.29, 0.717) is 33.0 Å². The molecule has 0 saturated carbocycles. The predicted molar refractivity (Wildman–Crippen MR) is 144 cm³/mol. The molecule has 1 unspecified atom stereocenters. The molecule has 7 heteroatoms. The van der Waals surface area contributed by atoms with Crippen molar-refractivity contribution in [3.8, 4) is 5.75 Å². The number of aliphatic hydroxyl groups excluding tert-OH is 1. The maximum atomic E-state index is 13.4. The molecule has 1 atom stereocenters. The molecule has 6 nitrogen and oxygen atoms in total. The van der Waals surface area contributed by atoms with Gasteiger partial charge in [0, 0.05) is 10.6 Å². The van der Waals surface area contributed by atoms with Crippen LogP contribution in [0.15, 0.2) is 64.8 Å². The van der Waals surface area contributed by atoms with Crippen LogP contribution in [0.1, 0.15) is 75.6 Å². The van der Waals surface area contributed by atoms with Gasteiger partial charge in [0.15, 0.2) is 0 Å². The summed E-state index contributed by atoms with van der Waals surface area (Å²) in [5, 5.41) is 23.1. The predicted octanol–water partition coefficient (Wildman–Crippen LogP) is 6.86. The molecule has 1 aliphatic heterocycles. The molecule has 0 aliphatic carbocycles. The number of rotatable bonds is 4. The van der Waals surface area contributed by atoms with Crippen LogP contribution < -0.4 is 0 Å². The molecule has 1 aliphatic rings. The van der Waals surface area contributed by atoms with E-state index < -0.39 is 28.6 Å². The average molecular weight is 522 g/mol. The number of hydrogen-bond donors (Lipinski definition) is 2. The average Bonchev–Trinajstić information content (AvgIpc) is 3.40. The molecule has 1 fully saturated rings. The van der Waals surface area contributed by atoms with Gasteiger partial charge >= 0.3 is 0 Å². The first-order valence-corrected chi connectivity index (χ1v) is 12.5. The van der Waals surface area contributed by atoms with Crippen molar-refractivity contribution in [2.24, 2.45) is 0 Å². The first-order valence-electron chi connectivity index (χ1n) is 12.1. The molecule has 1 saturated heterocycles. The number of amides is 1. The summed E-state index contributed by atoms with van der Waals surface area (Å²) in [6.07, 6.45) is 1.50. The quantitative estimate of drug-likeness (QED) is 0.222. The maximum Gasteiger partial charge on any atom is 0.296 e. The van der Waals surface area contributed by atoms with Gasteiger partial charge in [-0.3, -0.25) is 9.59 Å². The van der Waals surface area contributed by atoms with E-state index in [1.54, 1.807) is 36.4 Å². The van der Waals surface area contributed by atoms with Crippen LogP contribution in [0.25, 0.3) is 5.76 Å². The summed E-state index contributed by atoms with van der Waals surface area (Å²) >= 11 is 6.03. The normalized spacial score (nSPS) is 18.0. The van der Waals surface area contributed by atoms with Crippen LogP contribution in [0, 0.1) is 0 Å². The van der Waals surface area contributed by atoms with E-state index in [0.717, 1.165) is 0 Å². The SMILES string of the molecule is CC(C)(C)c1cc(C2/C(=C(\O)c3ccc(Cl)cc3)C(=O)C(=O)N2Cc2ccco2)cc(C(C)(C)C)c1O. The van der Waals surface area contributed by atoms with Gasteiger partial charge in [0.1, 0.15) is 17.3 Å². The van der Waals surface area contributed by atoms with Gasteiger partial charge in [-0.05, 0) is 76.1 Å². The number of aromatic hydroxyl groups is 1. The number of likely N-dealkylation sites (tertiary alicyclic amines) is 1. The topological polar surface area (TPSA) is 91.0 Å². The van der Waals surface area contributed by atoms with E-state index in [1.165, 1.54) is 11.2 Å². The van der Waals surface area contributed by atoms with Gasteiger partial charge < -0.3 is 19.5 Å². The third-order valence-corrected chi connectivity index (χ3v) is 6.88. The zero-order valence-electron chi connectivity index (χ0n) is 21.9. The molecule has 2 aromatic carbocycles. The van der Waals surface area contributed by atoms with Crippen LogP contribution in [-0.4, -0.2) is 26.8 Å². The molecule has 0 bridgehead atoms. The van der Waals surface area contributed by atoms with Crippen LogP contribution in [0.4, 0.5) is 0 Å². The number of phenolic OH excluding ortho intramolecular Hbond substituents is 1. The van der Waals surface area contributed by atoms with Crippen molar-refractivity contribution < 1.29 is 24.2 Å². The van der Waals surface area contributed by atoms with Crippen LogP contribution in [0.2, 0.25) is 5.02 Å². The van der Waals surface area contributed by atoms with E-state index in [-0.39, 0.29) is 23.6 Å². The summed E-state index contributed by atoms with van der Waals surface area (Å²) in [4.78, 5) is 28.2. The van der Waals surface area contributed by atoms with Crippen molar-refractivity contribution >= 4 is 29.1 Å². The fraction of sp³-hybridized carbons (Fsp3) is 0.333. The Bertz CT molecular complexity index is 1340. The Balaban J connectivity index is 2.02.